The van der Waals surface area contributed by atoms with Crippen LogP contribution >= 0.6 is 0 Å². The number of aromatic hydroxyl groups is 1. The van der Waals surface area contributed by atoms with Gasteiger partial charge >= 0.3 is 0 Å². The van der Waals surface area contributed by atoms with E-state index in [0.717, 1.165) is 11.5 Å². The Hall–Kier alpha value is -2.04. The Morgan fingerprint density at radius 2 is 2.19 bits per heavy atom. The largest absolute Gasteiger partial charge is 0.506 e. The van der Waals surface area contributed by atoms with E-state index in [1.54, 1.807) is 23.0 Å². The summed E-state index contributed by atoms with van der Waals surface area (Å²) < 4.78 is 1.73. The van der Waals surface area contributed by atoms with E-state index in [2.05, 4.69) is 15.4 Å². The lowest BCUT2D eigenvalue weighted by atomic mass is 10.3. The highest BCUT2D eigenvalue weighted by Gasteiger charge is 2.04. The van der Waals surface area contributed by atoms with Crippen molar-refractivity contribution in [3.63, 3.8) is 0 Å². The van der Waals surface area contributed by atoms with E-state index >= 15 is 0 Å². The average Bonchev–Trinajstić information content (AvgIpc) is 2.66. The molecule has 0 aliphatic rings. The lowest BCUT2D eigenvalue weighted by Crippen LogP contribution is -2.06. The minimum atomic E-state index is 0.209. The van der Waals surface area contributed by atoms with Gasteiger partial charge in [-0.05, 0) is 19.1 Å². The Balaban J connectivity index is 2.10. The van der Waals surface area contributed by atoms with Crippen molar-refractivity contribution in [1.82, 2.24) is 14.8 Å². The van der Waals surface area contributed by atoms with Gasteiger partial charge in [0.2, 0.25) is 0 Å². The van der Waals surface area contributed by atoms with Crippen molar-refractivity contribution in [3.8, 4) is 5.75 Å². The normalized spacial score (nSPS) is 10.4. The lowest BCUT2D eigenvalue weighted by Gasteiger charge is -2.07. The zero-order valence-electron chi connectivity index (χ0n) is 9.31. The van der Waals surface area contributed by atoms with Crippen LogP contribution in [0.5, 0.6) is 5.75 Å². The van der Waals surface area contributed by atoms with E-state index in [9.17, 15) is 5.11 Å². The lowest BCUT2D eigenvalue weighted by molar-refractivity contribution is 0.464. The maximum atomic E-state index is 9.61. The van der Waals surface area contributed by atoms with Gasteiger partial charge in [0, 0.05) is 18.8 Å². The molecule has 5 heteroatoms. The monoisotopic (exact) mass is 218 g/mol. The van der Waals surface area contributed by atoms with Gasteiger partial charge in [0.25, 0.3) is 0 Å². The van der Waals surface area contributed by atoms with E-state index in [-0.39, 0.29) is 5.75 Å². The number of aromatic nitrogens is 3. The number of nitrogens with zero attached hydrogens (tertiary/aromatic N) is 3. The van der Waals surface area contributed by atoms with Gasteiger partial charge in [-0.2, -0.15) is 5.10 Å². The molecular formula is C11H14N4O. The Bertz CT molecular complexity index is 492. The molecule has 0 atom stereocenters. The predicted molar refractivity (Wildman–Crippen MR) is 61.2 cm³/mol. The van der Waals surface area contributed by atoms with Gasteiger partial charge < -0.3 is 10.4 Å². The topological polar surface area (TPSA) is 63.0 Å². The molecule has 2 heterocycles. The molecule has 0 bridgehead atoms. The van der Waals surface area contributed by atoms with E-state index in [1.807, 2.05) is 20.0 Å². The van der Waals surface area contributed by atoms with Crippen LogP contribution < -0.4 is 5.32 Å². The summed E-state index contributed by atoms with van der Waals surface area (Å²) in [5, 5.41) is 16.8. The molecule has 0 amide bonds. The van der Waals surface area contributed by atoms with Crippen molar-refractivity contribution in [1.29, 1.82) is 0 Å². The Kier molecular flexibility index (Phi) is 2.76. The van der Waals surface area contributed by atoms with Crippen molar-refractivity contribution in [2.75, 3.05) is 5.32 Å². The second-order valence-electron chi connectivity index (χ2n) is 3.61. The zero-order valence-corrected chi connectivity index (χ0v) is 9.31. The average molecular weight is 218 g/mol. The fourth-order valence-corrected chi connectivity index (χ4v) is 1.45. The molecule has 84 valence electrons. The third-order valence-electron chi connectivity index (χ3n) is 2.35. The van der Waals surface area contributed by atoms with E-state index in [0.29, 0.717) is 12.2 Å². The predicted octanol–water partition coefficient (Wildman–Crippen LogP) is 1.44. The molecule has 0 radical (unpaired) electrons. The van der Waals surface area contributed by atoms with Gasteiger partial charge in [-0.1, -0.05) is 0 Å². The SMILES string of the molecule is Cc1ccc(O)c(CNc2ccnn2C)n1. The second kappa shape index (κ2) is 4.22. The quantitative estimate of drug-likeness (QED) is 0.818. The second-order valence-corrected chi connectivity index (χ2v) is 3.61. The molecule has 0 aliphatic heterocycles. The highest BCUT2D eigenvalue weighted by Crippen LogP contribution is 2.16. The molecule has 0 fully saturated rings. The van der Waals surface area contributed by atoms with Crippen LogP contribution in [0.3, 0.4) is 0 Å². The molecule has 0 saturated carbocycles. The Morgan fingerprint density at radius 1 is 1.38 bits per heavy atom. The van der Waals surface area contributed by atoms with Crippen molar-refractivity contribution in [2.45, 2.75) is 13.5 Å². The summed E-state index contributed by atoms with van der Waals surface area (Å²) in [6, 6.07) is 5.30. The molecule has 0 saturated heterocycles. The molecule has 0 aromatic carbocycles. The Labute approximate surface area is 93.8 Å². The number of rotatable bonds is 3. The summed E-state index contributed by atoms with van der Waals surface area (Å²) >= 11 is 0. The van der Waals surface area contributed by atoms with Crippen LogP contribution in [0.2, 0.25) is 0 Å². The molecular weight excluding hydrogens is 204 g/mol. The van der Waals surface area contributed by atoms with Crippen molar-refractivity contribution < 1.29 is 5.11 Å². The molecule has 0 unspecified atom stereocenters. The maximum Gasteiger partial charge on any atom is 0.138 e. The number of hydrogen-bond donors (Lipinski definition) is 2. The van der Waals surface area contributed by atoms with Gasteiger partial charge in [0.05, 0.1) is 12.7 Å². The smallest absolute Gasteiger partial charge is 0.138 e. The van der Waals surface area contributed by atoms with Crippen LogP contribution in [-0.2, 0) is 13.6 Å². The third-order valence-corrected chi connectivity index (χ3v) is 2.35. The number of anilines is 1. The van der Waals surface area contributed by atoms with E-state index < -0.39 is 0 Å². The first-order valence-corrected chi connectivity index (χ1v) is 5.04. The molecule has 2 aromatic heterocycles. The molecule has 2 rings (SSSR count). The first-order chi connectivity index (χ1) is 7.66. The summed E-state index contributed by atoms with van der Waals surface area (Å²) in [7, 11) is 1.85. The van der Waals surface area contributed by atoms with Gasteiger partial charge in [-0.25, -0.2) is 0 Å². The maximum absolute atomic E-state index is 9.61. The first-order valence-electron chi connectivity index (χ1n) is 5.04. The van der Waals surface area contributed by atoms with Crippen LogP contribution in [0.4, 0.5) is 5.82 Å². The van der Waals surface area contributed by atoms with Crippen LogP contribution in [0, 0.1) is 6.92 Å². The van der Waals surface area contributed by atoms with Crippen molar-refractivity contribution >= 4 is 5.82 Å². The summed E-state index contributed by atoms with van der Waals surface area (Å²) in [6.07, 6.45) is 1.71. The zero-order chi connectivity index (χ0) is 11.5. The number of pyridine rings is 1. The van der Waals surface area contributed by atoms with Crippen LogP contribution in [0.1, 0.15) is 11.4 Å². The molecule has 2 aromatic rings. The first kappa shape index (κ1) is 10.5. The van der Waals surface area contributed by atoms with E-state index in [4.69, 9.17) is 0 Å². The molecule has 16 heavy (non-hydrogen) atoms. The van der Waals surface area contributed by atoms with Gasteiger partial charge in [0.15, 0.2) is 0 Å². The molecule has 2 N–H and O–H groups in total. The Morgan fingerprint density at radius 3 is 2.88 bits per heavy atom. The van der Waals surface area contributed by atoms with Crippen LogP contribution in [0.15, 0.2) is 24.4 Å². The molecule has 0 spiro atoms. The highest BCUT2D eigenvalue weighted by atomic mass is 16.3. The number of nitrogens with one attached hydrogen (secondary N) is 1. The van der Waals surface area contributed by atoms with Gasteiger partial charge in [0.1, 0.15) is 17.3 Å². The minimum Gasteiger partial charge on any atom is -0.506 e. The number of hydrogen-bond acceptors (Lipinski definition) is 4. The minimum absolute atomic E-state index is 0.209. The summed E-state index contributed by atoms with van der Waals surface area (Å²) in [5.41, 5.74) is 1.53. The number of aryl methyl sites for hydroxylation is 2. The summed E-state index contributed by atoms with van der Waals surface area (Å²) in [4.78, 5) is 4.26. The summed E-state index contributed by atoms with van der Waals surface area (Å²) in [6.45, 7) is 2.38. The molecule has 5 nitrogen and oxygen atoms in total. The molecule has 0 aliphatic carbocycles. The fourth-order valence-electron chi connectivity index (χ4n) is 1.45. The standard InChI is InChI=1S/C11H14N4O/c1-8-3-4-10(16)9(14-8)7-12-11-5-6-13-15(11)2/h3-6,12,16H,7H2,1-2H3. The highest BCUT2D eigenvalue weighted by molar-refractivity contribution is 5.36. The van der Waals surface area contributed by atoms with Crippen molar-refractivity contribution in [2.24, 2.45) is 7.05 Å². The summed E-state index contributed by atoms with van der Waals surface area (Å²) in [5.74, 6) is 1.10. The van der Waals surface area contributed by atoms with Crippen molar-refractivity contribution in [3.05, 3.63) is 35.8 Å². The van der Waals surface area contributed by atoms with Crippen LogP contribution in [-0.4, -0.2) is 19.9 Å². The third kappa shape index (κ3) is 2.13. The van der Waals surface area contributed by atoms with Crippen LogP contribution in [0.25, 0.3) is 0 Å². The fraction of sp³-hybridized carbons (Fsp3) is 0.273. The van der Waals surface area contributed by atoms with Gasteiger partial charge in [-0.15, -0.1) is 0 Å². The van der Waals surface area contributed by atoms with Gasteiger partial charge in [-0.3, -0.25) is 9.67 Å². The van der Waals surface area contributed by atoms with E-state index in [1.165, 1.54) is 0 Å².